The maximum absolute atomic E-state index is 12.2. The minimum absolute atomic E-state index is 0.148. The molecule has 7 nitrogen and oxygen atoms in total. The monoisotopic (exact) mass is 374 g/mol. The summed E-state index contributed by atoms with van der Waals surface area (Å²) in [7, 11) is 0. The van der Waals surface area contributed by atoms with Gasteiger partial charge in [0.1, 0.15) is 5.69 Å². The van der Waals surface area contributed by atoms with E-state index >= 15 is 0 Å². The molecule has 2 heterocycles. The van der Waals surface area contributed by atoms with Crippen LogP contribution in [0.25, 0.3) is 0 Å². The lowest BCUT2D eigenvalue weighted by atomic mass is 10.1. The second-order valence-electron chi connectivity index (χ2n) is 5.96. The second kappa shape index (κ2) is 9.42. The Balaban J connectivity index is 1.43. The summed E-state index contributed by atoms with van der Waals surface area (Å²) in [4.78, 5) is 30.6. The van der Waals surface area contributed by atoms with Gasteiger partial charge in [-0.3, -0.25) is 14.5 Å². The molecule has 0 atom stereocenters. The van der Waals surface area contributed by atoms with Crippen LogP contribution in [0, 0.1) is 0 Å². The van der Waals surface area contributed by atoms with Crippen LogP contribution in [0.5, 0.6) is 0 Å². The third-order valence-electron chi connectivity index (χ3n) is 4.01. The first-order valence-electron chi connectivity index (χ1n) is 8.58. The van der Waals surface area contributed by atoms with Crippen molar-refractivity contribution in [3.63, 3.8) is 0 Å². The summed E-state index contributed by atoms with van der Waals surface area (Å²) in [6.07, 6.45) is 0.279. The van der Waals surface area contributed by atoms with Crippen molar-refractivity contribution in [2.45, 2.75) is 6.42 Å². The molecule has 1 saturated heterocycles. The Bertz CT molecular complexity index is 729. The Labute approximate surface area is 156 Å². The minimum atomic E-state index is -0.224. The Kier molecular flexibility index (Phi) is 6.70. The molecule has 0 unspecified atom stereocenters. The number of aromatic nitrogens is 1. The third kappa shape index (κ3) is 5.62. The van der Waals surface area contributed by atoms with E-state index in [1.165, 1.54) is 11.3 Å². The van der Waals surface area contributed by atoms with E-state index < -0.39 is 0 Å². The predicted molar refractivity (Wildman–Crippen MR) is 100 cm³/mol. The zero-order valence-corrected chi connectivity index (χ0v) is 15.3. The van der Waals surface area contributed by atoms with E-state index in [0.29, 0.717) is 17.4 Å². The number of nitrogens with zero attached hydrogens (tertiary/aromatic N) is 2. The Morgan fingerprint density at radius 1 is 1.19 bits per heavy atom. The molecular formula is C18H22N4O3S. The molecule has 1 aromatic heterocycles. The highest BCUT2D eigenvalue weighted by molar-refractivity contribution is 7.14. The largest absolute Gasteiger partial charge is 0.379 e. The molecule has 2 amide bonds. The number of anilines is 1. The quantitative estimate of drug-likeness (QED) is 0.765. The molecule has 1 aliphatic rings. The topological polar surface area (TPSA) is 83.6 Å². The Morgan fingerprint density at radius 3 is 2.73 bits per heavy atom. The van der Waals surface area contributed by atoms with Crippen LogP contribution in [-0.4, -0.2) is 61.1 Å². The number of hydrogen-bond donors (Lipinski definition) is 2. The average Bonchev–Trinajstić information content (AvgIpc) is 3.12. The molecule has 1 fully saturated rings. The Morgan fingerprint density at radius 2 is 1.96 bits per heavy atom. The van der Waals surface area contributed by atoms with Crippen LogP contribution >= 0.6 is 11.3 Å². The van der Waals surface area contributed by atoms with Crippen LogP contribution in [0.4, 0.5) is 5.13 Å². The number of hydrogen-bond acceptors (Lipinski definition) is 6. The first-order chi connectivity index (χ1) is 12.7. The van der Waals surface area contributed by atoms with Gasteiger partial charge in [0.05, 0.1) is 19.6 Å². The molecule has 0 spiro atoms. The fraction of sp³-hybridized carbons (Fsp3) is 0.389. The summed E-state index contributed by atoms with van der Waals surface area (Å²) in [6, 6.07) is 9.49. The molecular weight excluding hydrogens is 352 g/mol. The van der Waals surface area contributed by atoms with Gasteiger partial charge in [0.25, 0.3) is 5.91 Å². The fourth-order valence-corrected chi connectivity index (χ4v) is 3.33. The van der Waals surface area contributed by atoms with Crippen molar-refractivity contribution in [3.8, 4) is 0 Å². The highest BCUT2D eigenvalue weighted by Gasteiger charge is 2.14. The number of ether oxygens (including phenoxy) is 1. The van der Waals surface area contributed by atoms with Gasteiger partial charge in [-0.2, -0.15) is 0 Å². The van der Waals surface area contributed by atoms with E-state index in [2.05, 4.69) is 20.5 Å². The normalized spacial score (nSPS) is 14.8. The maximum Gasteiger partial charge on any atom is 0.270 e. The molecule has 0 saturated carbocycles. The van der Waals surface area contributed by atoms with Gasteiger partial charge >= 0.3 is 0 Å². The van der Waals surface area contributed by atoms with Gasteiger partial charge in [0.15, 0.2) is 5.13 Å². The van der Waals surface area contributed by atoms with Gasteiger partial charge in [-0.05, 0) is 5.56 Å². The van der Waals surface area contributed by atoms with Crippen molar-refractivity contribution in [1.82, 2.24) is 15.2 Å². The van der Waals surface area contributed by atoms with E-state index in [4.69, 9.17) is 4.74 Å². The molecule has 138 valence electrons. The van der Waals surface area contributed by atoms with Crippen LogP contribution in [0.15, 0.2) is 35.7 Å². The van der Waals surface area contributed by atoms with Gasteiger partial charge in [0, 0.05) is 31.6 Å². The molecule has 0 aliphatic carbocycles. The van der Waals surface area contributed by atoms with Gasteiger partial charge < -0.3 is 15.4 Å². The summed E-state index contributed by atoms with van der Waals surface area (Å²) in [5, 5.41) is 7.69. The maximum atomic E-state index is 12.2. The minimum Gasteiger partial charge on any atom is -0.379 e. The summed E-state index contributed by atoms with van der Waals surface area (Å²) in [6.45, 7) is 4.62. The molecule has 3 rings (SSSR count). The van der Waals surface area contributed by atoms with Crippen LogP contribution in [-0.2, 0) is 16.0 Å². The van der Waals surface area contributed by atoms with Crippen LogP contribution in [0.1, 0.15) is 16.1 Å². The van der Waals surface area contributed by atoms with Crippen molar-refractivity contribution in [3.05, 3.63) is 47.0 Å². The lowest BCUT2D eigenvalue weighted by Gasteiger charge is -2.26. The van der Waals surface area contributed by atoms with E-state index in [0.717, 1.165) is 38.4 Å². The molecule has 1 aliphatic heterocycles. The number of rotatable bonds is 7. The zero-order valence-electron chi connectivity index (χ0n) is 14.4. The van der Waals surface area contributed by atoms with Crippen molar-refractivity contribution < 1.29 is 14.3 Å². The molecule has 0 bridgehead atoms. The third-order valence-corrected chi connectivity index (χ3v) is 4.77. The second-order valence-corrected chi connectivity index (χ2v) is 6.82. The van der Waals surface area contributed by atoms with Crippen molar-refractivity contribution in [1.29, 1.82) is 0 Å². The Hall–Kier alpha value is -2.29. The summed E-state index contributed by atoms with van der Waals surface area (Å²) < 4.78 is 5.30. The molecule has 26 heavy (non-hydrogen) atoms. The number of amides is 2. The standard InChI is InChI=1S/C18H22N4O3S/c23-16(12-14-4-2-1-3-5-14)21-18-20-15(13-26-18)17(24)19-6-7-22-8-10-25-11-9-22/h1-5,13H,6-12H2,(H,19,24)(H,20,21,23). The fourth-order valence-electron chi connectivity index (χ4n) is 2.62. The van der Waals surface area contributed by atoms with Crippen molar-refractivity contribution in [2.75, 3.05) is 44.7 Å². The lowest BCUT2D eigenvalue weighted by Crippen LogP contribution is -2.41. The number of carbonyl (C=O) groups is 2. The van der Waals surface area contributed by atoms with Gasteiger partial charge in [0.2, 0.25) is 5.91 Å². The molecule has 2 N–H and O–H groups in total. The number of benzene rings is 1. The van der Waals surface area contributed by atoms with E-state index in [1.807, 2.05) is 30.3 Å². The SMILES string of the molecule is O=C(Cc1ccccc1)Nc1nc(C(=O)NCCN2CCOCC2)cs1. The number of nitrogens with one attached hydrogen (secondary N) is 2. The van der Waals surface area contributed by atoms with Gasteiger partial charge in [-0.25, -0.2) is 4.98 Å². The predicted octanol–water partition coefficient (Wildman–Crippen LogP) is 1.39. The summed E-state index contributed by atoms with van der Waals surface area (Å²) in [5.74, 6) is -0.372. The van der Waals surface area contributed by atoms with Gasteiger partial charge in [-0.15, -0.1) is 11.3 Å². The van der Waals surface area contributed by atoms with Gasteiger partial charge in [-0.1, -0.05) is 30.3 Å². The highest BCUT2D eigenvalue weighted by Crippen LogP contribution is 2.15. The number of carbonyl (C=O) groups excluding carboxylic acids is 2. The summed E-state index contributed by atoms with van der Waals surface area (Å²) >= 11 is 1.25. The van der Waals surface area contributed by atoms with Crippen LogP contribution < -0.4 is 10.6 Å². The number of thiazole rings is 1. The van der Waals surface area contributed by atoms with Crippen LogP contribution in [0.2, 0.25) is 0 Å². The molecule has 1 aromatic carbocycles. The van der Waals surface area contributed by atoms with E-state index in [1.54, 1.807) is 5.38 Å². The smallest absolute Gasteiger partial charge is 0.270 e. The van der Waals surface area contributed by atoms with E-state index in [-0.39, 0.29) is 18.2 Å². The van der Waals surface area contributed by atoms with Crippen molar-refractivity contribution in [2.24, 2.45) is 0 Å². The van der Waals surface area contributed by atoms with Crippen molar-refractivity contribution >= 4 is 28.3 Å². The lowest BCUT2D eigenvalue weighted by molar-refractivity contribution is -0.115. The highest BCUT2D eigenvalue weighted by atomic mass is 32.1. The van der Waals surface area contributed by atoms with Crippen LogP contribution in [0.3, 0.4) is 0 Å². The average molecular weight is 374 g/mol. The zero-order chi connectivity index (χ0) is 18.2. The first-order valence-corrected chi connectivity index (χ1v) is 9.46. The van der Waals surface area contributed by atoms with E-state index in [9.17, 15) is 9.59 Å². The molecule has 0 radical (unpaired) electrons. The summed E-state index contributed by atoms with van der Waals surface area (Å²) in [5.41, 5.74) is 1.26. The molecule has 8 heteroatoms. The first kappa shape index (κ1) is 18.5. The molecule has 2 aromatic rings. The number of morpholine rings is 1.